The molecule has 1 unspecified atom stereocenters. The van der Waals surface area contributed by atoms with E-state index in [1.165, 1.54) is 0 Å². The number of carbonyl (C=O) groups excluding carboxylic acids is 1. The van der Waals surface area contributed by atoms with E-state index in [2.05, 4.69) is 10.4 Å². The van der Waals surface area contributed by atoms with Gasteiger partial charge in [0.15, 0.2) is 0 Å². The van der Waals surface area contributed by atoms with Crippen molar-refractivity contribution < 1.29 is 4.79 Å². The van der Waals surface area contributed by atoms with Crippen molar-refractivity contribution in [1.29, 1.82) is 0 Å². The summed E-state index contributed by atoms with van der Waals surface area (Å²) in [6.45, 7) is 2.26. The van der Waals surface area contributed by atoms with Gasteiger partial charge in [-0.25, -0.2) is 0 Å². The number of alkyl halides is 1. The van der Waals surface area contributed by atoms with Gasteiger partial charge in [-0.05, 0) is 24.6 Å². The number of nitrogens with one attached hydrogen (secondary N) is 1. The minimum atomic E-state index is -0.553. The lowest BCUT2D eigenvalue weighted by Gasteiger charge is -2.12. The van der Waals surface area contributed by atoms with Crippen molar-refractivity contribution in [2.75, 3.05) is 5.32 Å². The van der Waals surface area contributed by atoms with Crippen LogP contribution in [0.4, 0.5) is 5.69 Å². The van der Waals surface area contributed by atoms with Gasteiger partial charge >= 0.3 is 0 Å². The molecule has 1 amide bonds. The van der Waals surface area contributed by atoms with Crippen molar-refractivity contribution in [3.05, 3.63) is 48.3 Å². The normalized spacial score (nSPS) is 12.1. The smallest absolute Gasteiger partial charge is 0.242 e. The molecular weight excluding hydrogens is 250 g/mol. The van der Waals surface area contributed by atoms with Crippen LogP contribution < -0.4 is 5.32 Å². The Morgan fingerprint density at radius 2 is 2.22 bits per heavy atom. The third-order valence-corrected chi connectivity index (χ3v) is 2.73. The maximum absolute atomic E-state index is 11.6. The van der Waals surface area contributed by atoms with Crippen molar-refractivity contribution in [2.24, 2.45) is 0 Å². The number of anilines is 1. The summed E-state index contributed by atoms with van der Waals surface area (Å²) in [4.78, 5) is 11.6. The zero-order valence-electron chi connectivity index (χ0n) is 10.0. The third-order valence-electron chi connectivity index (χ3n) is 2.53. The van der Waals surface area contributed by atoms with E-state index in [9.17, 15) is 4.79 Å². The van der Waals surface area contributed by atoms with Gasteiger partial charge in [-0.3, -0.25) is 9.48 Å². The number of hydrogen-bond acceptors (Lipinski definition) is 2. The first-order chi connectivity index (χ1) is 8.66. The third kappa shape index (κ3) is 3.11. The Kier molecular flexibility index (Phi) is 3.99. The maximum atomic E-state index is 11.6. The molecule has 0 bridgehead atoms. The first kappa shape index (κ1) is 12.6. The second-order valence-electron chi connectivity index (χ2n) is 3.97. The van der Waals surface area contributed by atoms with Gasteiger partial charge in [-0.15, -0.1) is 11.6 Å². The second kappa shape index (κ2) is 5.69. The molecule has 18 heavy (non-hydrogen) atoms. The van der Waals surface area contributed by atoms with Crippen LogP contribution in [-0.2, 0) is 11.3 Å². The van der Waals surface area contributed by atoms with Crippen LogP contribution in [-0.4, -0.2) is 21.1 Å². The predicted octanol–water partition coefficient (Wildman–Crippen LogP) is 2.50. The molecule has 0 aliphatic carbocycles. The van der Waals surface area contributed by atoms with Crippen molar-refractivity contribution in [3.8, 4) is 0 Å². The molecule has 2 rings (SSSR count). The van der Waals surface area contributed by atoms with Gasteiger partial charge in [0.05, 0.1) is 6.54 Å². The predicted molar refractivity (Wildman–Crippen MR) is 71.7 cm³/mol. The van der Waals surface area contributed by atoms with Crippen LogP contribution in [0.25, 0.3) is 0 Å². The van der Waals surface area contributed by atoms with Gasteiger partial charge in [-0.2, -0.15) is 5.10 Å². The van der Waals surface area contributed by atoms with Gasteiger partial charge in [0.2, 0.25) is 5.91 Å². The topological polar surface area (TPSA) is 46.9 Å². The van der Waals surface area contributed by atoms with E-state index < -0.39 is 5.38 Å². The molecule has 0 saturated heterocycles. The molecule has 4 nitrogen and oxygen atoms in total. The zero-order valence-corrected chi connectivity index (χ0v) is 10.8. The number of carbonyl (C=O) groups is 1. The summed E-state index contributed by atoms with van der Waals surface area (Å²) in [5.74, 6) is -0.204. The number of aromatic nitrogens is 2. The summed E-state index contributed by atoms with van der Waals surface area (Å²) in [5, 5.41) is 6.40. The van der Waals surface area contributed by atoms with Crippen LogP contribution >= 0.6 is 11.6 Å². The summed E-state index contributed by atoms with van der Waals surface area (Å²) in [5.41, 5.74) is 1.76. The van der Waals surface area contributed by atoms with Crippen molar-refractivity contribution >= 4 is 23.2 Å². The quantitative estimate of drug-likeness (QED) is 0.862. The first-order valence-electron chi connectivity index (χ1n) is 5.67. The monoisotopic (exact) mass is 263 g/mol. The summed E-state index contributed by atoms with van der Waals surface area (Å²) in [7, 11) is 0. The lowest BCUT2D eigenvalue weighted by molar-refractivity contribution is -0.115. The molecule has 0 fully saturated rings. The Labute approximate surface area is 111 Å². The molecule has 0 aliphatic rings. The SMILES string of the molecule is CC(Cl)C(=O)Nc1ccccc1Cn1cccn1. The fraction of sp³-hybridized carbons (Fsp3) is 0.231. The van der Waals surface area contributed by atoms with Crippen LogP contribution in [0.1, 0.15) is 12.5 Å². The van der Waals surface area contributed by atoms with E-state index in [0.29, 0.717) is 6.54 Å². The summed E-state index contributed by atoms with van der Waals surface area (Å²) < 4.78 is 1.80. The van der Waals surface area contributed by atoms with E-state index in [1.54, 1.807) is 17.8 Å². The molecule has 1 aromatic heterocycles. The largest absolute Gasteiger partial charge is 0.324 e. The number of amides is 1. The summed E-state index contributed by atoms with van der Waals surface area (Å²) in [6, 6.07) is 9.48. The maximum Gasteiger partial charge on any atom is 0.242 e. The number of hydrogen-bond donors (Lipinski definition) is 1. The summed E-state index contributed by atoms with van der Waals surface area (Å²) in [6.07, 6.45) is 3.60. The fourth-order valence-electron chi connectivity index (χ4n) is 1.58. The number of benzene rings is 1. The van der Waals surface area contributed by atoms with Gasteiger partial charge in [0.1, 0.15) is 5.38 Å². The number of nitrogens with zero attached hydrogens (tertiary/aromatic N) is 2. The highest BCUT2D eigenvalue weighted by molar-refractivity contribution is 6.32. The Morgan fingerprint density at radius 1 is 1.44 bits per heavy atom. The molecule has 0 aliphatic heterocycles. The van der Waals surface area contributed by atoms with E-state index in [4.69, 9.17) is 11.6 Å². The molecule has 0 saturated carbocycles. The van der Waals surface area contributed by atoms with Crippen LogP contribution in [0.2, 0.25) is 0 Å². The molecule has 2 aromatic rings. The molecular formula is C13H14ClN3O. The van der Waals surface area contributed by atoms with E-state index >= 15 is 0 Å². The highest BCUT2D eigenvalue weighted by Crippen LogP contribution is 2.16. The van der Waals surface area contributed by atoms with E-state index in [1.807, 2.05) is 36.5 Å². The molecule has 94 valence electrons. The van der Waals surface area contributed by atoms with Crippen LogP contribution in [0.5, 0.6) is 0 Å². The minimum Gasteiger partial charge on any atom is -0.324 e. The average Bonchev–Trinajstić information content (AvgIpc) is 2.84. The van der Waals surface area contributed by atoms with Crippen LogP contribution in [0, 0.1) is 0 Å². The van der Waals surface area contributed by atoms with Crippen molar-refractivity contribution in [3.63, 3.8) is 0 Å². The first-order valence-corrected chi connectivity index (χ1v) is 6.10. The zero-order chi connectivity index (χ0) is 13.0. The minimum absolute atomic E-state index is 0.204. The second-order valence-corrected chi connectivity index (χ2v) is 4.62. The number of rotatable bonds is 4. The van der Waals surface area contributed by atoms with Gasteiger partial charge in [0, 0.05) is 18.1 Å². The lowest BCUT2D eigenvalue weighted by atomic mass is 10.1. The number of para-hydroxylation sites is 1. The van der Waals surface area contributed by atoms with Crippen molar-refractivity contribution in [1.82, 2.24) is 9.78 Å². The fourth-order valence-corrected chi connectivity index (χ4v) is 1.64. The van der Waals surface area contributed by atoms with Gasteiger partial charge < -0.3 is 5.32 Å². The van der Waals surface area contributed by atoms with Crippen molar-refractivity contribution in [2.45, 2.75) is 18.8 Å². The molecule has 5 heteroatoms. The Balaban J connectivity index is 2.18. The Bertz CT molecular complexity index is 523. The van der Waals surface area contributed by atoms with Gasteiger partial charge in [-0.1, -0.05) is 18.2 Å². The highest BCUT2D eigenvalue weighted by atomic mass is 35.5. The number of halogens is 1. The van der Waals surface area contributed by atoms with Crippen LogP contribution in [0.3, 0.4) is 0 Å². The standard InChI is InChI=1S/C13H14ClN3O/c1-10(14)13(18)16-12-6-3-2-5-11(12)9-17-8-4-7-15-17/h2-8,10H,9H2,1H3,(H,16,18). The molecule has 1 N–H and O–H groups in total. The van der Waals surface area contributed by atoms with E-state index in [0.717, 1.165) is 11.3 Å². The molecule has 0 spiro atoms. The highest BCUT2D eigenvalue weighted by Gasteiger charge is 2.11. The molecule has 1 aromatic carbocycles. The van der Waals surface area contributed by atoms with Crippen LogP contribution in [0.15, 0.2) is 42.7 Å². The Morgan fingerprint density at radius 3 is 2.89 bits per heavy atom. The summed E-state index contributed by atoms with van der Waals surface area (Å²) >= 11 is 5.74. The van der Waals surface area contributed by atoms with E-state index in [-0.39, 0.29) is 5.91 Å². The Hall–Kier alpha value is -1.81. The van der Waals surface area contributed by atoms with Gasteiger partial charge in [0.25, 0.3) is 0 Å². The molecule has 1 atom stereocenters. The molecule has 0 radical (unpaired) electrons. The molecule has 1 heterocycles. The average molecular weight is 264 g/mol. The lowest BCUT2D eigenvalue weighted by Crippen LogP contribution is -2.21.